The van der Waals surface area contributed by atoms with Gasteiger partial charge in [-0.2, -0.15) is 0 Å². The van der Waals surface area contributed by atoms with Gasteiger partial charge in [0.05, 0.1) is 5.71 Å². The number of fused-ring (bicyclic) bond motifs is 2. The molecule has 0 radical (unpaired) electrons. The zero-order valence-electron chi connectivity index (χ0n) is 17.9. The number of allylic oxidation sites excluding steroid dienone is 1. The second kappa shape index (κ2) is 8.34. The van der Waals surface area contributed by atoms with Crippen LogP contribution in [0.4, 0.5) is 0 Å². The van der Waals surface area contributed by atoms with Gasteiger partial charge < -0.3 is 5.32 Å². The van der Waals surface area contributed by atoms with Gasteiger partial charge in [0, 0.05) is 21.3 Å². The molecule has 1 atom stereocenters. The SMILES string of the molecule is Brc1cccc(C2N=C(c3cccc4ccccc34)C=C(c3cccc4ccccc34)N2)c1. The minimum atomic E-state index is -0.185. The maximum absolute atomic E-state index is 5.18. The van der Waals surface area contributed by atoms with Crippen LogP contribution >= 0.6 is 15.9 Å². The standard InChI is InChI=1S/C30H21BrN2/c31-23-13-5-12-22(18-23)30-32-28(26-16-6-10-20-8-1-3-14-24(20)26)19-29(33-30)27-17-7-11-21-9-2-4-15-25(21)27/h1-19,30,32H. The normalized spacial score (nSPS) is 15.7. The molecule has 1 unspecified atom stereocenters. The summed E-state index contributed by atoms with van der Waals surface area (Å²) in [5, 5.41) is 8.59. The molecule has 0 bridgehead atoms. The summed E-state index contributed by atoms with van der Waals surface area (Å²) in [6.07, 6.45) is 2.01. The van der Waals surface area contributed by atoms with Crippen LogP contribution in [0.1, 0.15) is 22.9 Å². The molecule has 1 N–H and O–H groups in total. The van der Waals surface area contributed by atoms with Gasteiger partial charge in [0.1, 0.15) is 6.17 Å². The number of nitrogens with zero attached hydrogens (tertiary/aromatic N) is 1. The van der Waals surface area contributed by atoms with Crippen LogP contribution in [0.15, 0.2) is 125 Å². The Morgan fingerprint density at radius 2 is 1.24 bits per heavy atom. The molecule has 5 aromatic rings. The van der Waals surface area contributed by atoms with Gasteiger partial charge in [-0.05, 0) is 45.3 Å². The highest BCUT2D eigenvalue weighted by Crippen LogP contribution is 2.32. The van der Waals surface area contributed by atoms with Gasteiger partial charge in [0.15, 0.2) is 0 Å². The number of nitrogens with one attached hydrogen (secondary N) is 1. The van der Waals surface area contributed by atoms with E-state index in [0.29, 0.717) is 0 Å². The van der Waals surface area contributed by atoms with Crippen molar-refractivity contribution >= 4 is 48.9 Å². The van der Waals surface area contributed by atoms with E-state index in [-0.39, 0.29) is 6.17 Å². The highest BCUT2D eigenvalue weighted by molar-refractivity contribution is 9.10. The Morgan fingerprint density at radius 1 is 0.636 bits per heavy atom. The minimum Gasteiger partial charge on any atom is -0.359 e. The largest absolute Gasteiger partial charge is 0.359 e. The summed E-state index contributed by atoms with van der Waals surface area (Å²) in [7, 11) is 0. The van der Waals surface area contributed by atoms with E-state index in [9.17, 15) is 0 Å². The predicted octanol–water partition coefficient (Wildman–Crippen LogP) is 7.89. The highest BCUT2D eigenvalue weighted by Gasteiger charge is 2.21. The van der Waals surface area contributed by atoms with Crippen LogP contribution < -0.4 is 5.32 Å². The fraction of sp³-hybridized carbons (Fsp3) is 0.0333. The Morgan fingerprint density at radius 3 is 1.97 bits per heavy atom. The summed E-state index contributed by atoms with van der Waals surface area (Å²) in [4.78, 5) is 5.18. The molecule has 0 fully saturated rings. The number of halogens is 1. The Hall–Kier alpha value is -3.69. The molecule has 1 heterocycles. The second-order valence-corrected chi connectivity index (χ2v) is 9.14. The Labute approximate surface area is 201 Å². The number of hydrogen-bond acceptors (Lipinski definition) is 2. The molecule has 0 saturated heterocycles. The molecule has 1 aliphatic rings. The first-order valence-electron chi connectivity index (χ1n) is 11.0. The van der Waals surface area contributed by atoms with Crippen molar-refractivity contribution in [1.82, 2.24) is 5.32 Å². The van der Waals surface area contributed by atoms with E-state index in [1.807, 2.05) is 6.07 Å². The molecule has 2 nitrogen and oxygen atoms in total. The molecule has 0 saturated carbocycles. The van der Waals surface area contributed by atoms with Gasteiger partial charge in [0.25, 0.3) is 0 Å². The van der Waals surface area contributed by atoms with Crippen molar-refractivity contribution in [2.75, 3.05) is 0 Å². The summed E-state index contributed by atoms with van der Waals surface area (Å²) in [5.74, 6) is 0. The lowest BCUT2D eigenvalue weighted by Crippen LogP contribution is -2.25. The average Bonchev–Trinajstić information content (AvgIpc) is 2.88. The first kappa shape index (κ1) is 20.0. The fourth-order valence-electron chi connectivity index (χ4n) is 4.58. The first-order chi connectivity index (χ1) is 16.3. The number of rotatable bonds is 3. The monoisotopic (exact) mass is 488 g/mol. The summed E-state index contributed by atoms with van der Waals surface area (Å²) in [5.41, 5.74) is 5.51. The van der Waals surface area contributed by atoms with Crippen LogP contribution in [0.25, 0.3) is 27.2 Å². The van der Waals surface area contributed by atoms with Crippen molar-refractivity contribution < 1.29 is 0 Å². The zero-order valence-corrected chi connectivity index (χ0v) is 19.5. The minimum absolute atomic E-state index is 0.185. The van der Waals surface area contributed by atoms with Gasteiger partial charge in [-0.3, -0.25) is 4.99 Å². The quantitative estimate of drug-likeness (QED) is 0.274. The molecular weight excluding hydrogens is 468 g/mol. The molecule has 0 spiro atoms. The van der Waals surface area contributed by atoms with Crippen molar-refractivity contribution in [2.24, 2.45) is 4.99 Å². The Bertz CT molecular complexity index is 1550. The van der Waals surface area contributed by atoms with Crippen LogP contribution in [0.5, 0.6) is 0 Å². The summed E-state index contributed by atoms with van der Waals surface area (Å²) >= 11 is 3.62. The Balaban J connectivity index is 1.57. The van der Waals surface area contributed by atoms with E-state index in [1.165, 1.54) is 27.1 Å². The van der Waals surface area contributed by atoms with Gasteiger partial charge in [-0.25, -0.2) is 0 Å². The number of hydrogen-bond donors (Lipinski definition) is 1. The third-order valence-corrected chi connectivity index (χ3v) is 6.64. The third kappa shape index (κ3) is 3.75. The lowest BCUT2D eigenvalue weighted by Gasteiger charge is -2.26. The zero-order chi connectivity index (χ0) is 22.2. The average molecular weight is 489 g/mol. The lowest BCUT2D eigenvalue weighted by molar-refractivity contribution is 0.664. The summed E-state index contributed by atoms with van der Waals surface area (Å²) in [6, 6.07) is 38.3. The van der Waals surface area contributed by atoms with Crippen LogP contribution in [0.2, 0.25) is 0 Å². The molecule has 6 rings (SSSR count). The van der Waals surface area contributed by atoms with Crippen molar-refractivity contribution in [3.8, 4) is 0 Å². The van der Waals surface area contributed by atoms with E-state index < -0.39 is 0 Å². The fourth-order valence-corrected chi connectivity index (χ4v) is 5.00. The molecule has 0 aromatic heterocycles. The highest BCUT2D eigenvalue weighted by atomic mass is 79.9. The maximum atomic E-state index is 5.18. The summed E-state index contributed by atoms with van der Waals surface area (Å²) < 4.78 is 1.05. The van der Waals surface area contributed by atoms with Gasteiger partial charge in [0.2, 0.25) is 0 Å². The van der Waals surface area contributed by atoms with E-state index >= 15 is 0 Å². The molecule has 1 aliphatic heterocycles. The van der Waals surface area contributed by atoms with Crippen LogP contribution in [0, 0.1) is 0 Å². The topological polar surface area (TPSA) is 24.4 Å². The van der Waals surface area contributed by atoms with E-state index in [0.717, 1.165) is 27.0 Å². The van der Waals surface area contributed by atoms with Crippen LogP contribution in [-0.4, -0.2) is 5.71 Å². The van der Waals surface area contributed by atoms with E-state index in [1.54, 1.807) is 0 Å². The molecule has 3 heteroatoms. The maximum Gasteiger partial charge on any atom is 0.145 e. The first-order valence-corrected chi connectivity index (χ1v) is 11.8. The van der Waals surface area contributed by atoms with Gasteiger partial charge in [-0.15, -0.1) is 0 Å². The number of aliphatic imine (C=N–C) groups is 1. The summed E-state index contributed by atoms with van der Waals surface area (Å²) in [6.45, 7) is 0. The van der Waals surface area contributed by atoms with Crippen molar-refractivity contribution in [3.63, 3.8) is 0 Å². The van der Waals surface area contributed by atoms with Crippen LogP contribution in [-0.2, 0) is 0 Å². The van der Waals surface area contributed by atoms with E-state index in [4.69, 9.17) is 4.99 Å². The van der Waals surface area contributed by atoms with E-state index in [2.05, 4.69) is 130 Å². The second-order valence-electron chi connectivity index (χ2n) is 8.23. The van der Waals surface area contributed by atoms with Crippen molar-refractivity contribution in [2.45, 2.75) is 6.17 Å². The predicted molar refractivity (Wildman–Crippen MR) is 142 cm³/mol. The van der Waals surface area contributed by atoms with Gasteiger partial charge in [-0.1, -0.05) is 113 Å². The molecule has 33 heavy (non-hydrogen) atoms. The molecule has 0 aliphatic carbocycles. The molecular formula is C30H21BrN2. The lowest BCUT2D eigenvalue weighted by atomic mass is 9.95. The third-order valence-electron chi connectivity index (χ3n) is 6.15. The molecule has 0 amide bonds. The molecule has 5 aromatic carbocycles. The van der Waals surface area contributed by atoms with Gasteiger partial charge >= 0.3 is 0 Å². The van der Waals surface area contributed by atoms with Crippen molar-refractivity contribution in [1.29, 1.82) is 0 Å². The van der Waals surface area contributed by atoms with Crippen molar-refractivity contribution in [3.05, 3.63) is 136 Å². The molecule has 158 valence electrons. The smallest absolute Gasteiger partial charge is 0.145 e. The Kier molecular flexibility index (Phi) is 5.04. The van der Waals surface area contributed by atoms with Crippen LogP contribution in [0.3, 0.4) is 0 Å². The number of benzene rings is 5.